The van der Waals surface area contributed by atoms with Gasteiger partial charge in [-0.15, -0.1) is 0 Å². The quantitative estimate of drug-likeness (QED) is 0.659. The zero-order chi connectivity index (χ0) is 21.1. The van der Waals surface area contributed by atoms with Crippen molar-refractivity contribution in [2.45, 2.75) is 51.0 Å². The molecule has 1 atom stereocenters. The number of fused-ring (bicyclic) bond motifs is 1. The molecule has 4 rings (SSSR count). The van der Waals surface area contributed by atoms with Gasteiger partial charge in [0.25, 0.3) is 5.91 Å². The van der Waals surface area contributed by atoms with Crippen LogP contribution in [0.3, 0.4) is 0 Å². The highest BCUT2D eigenvalue weighted by Crippen LogP contribution is 2.36. The van der Waals surface area contributed by atoms with Gasteiger partial charge in [-0.25, -0.2) is 4.79 Å². The number of aromatic nitrogens is 1. The number of carbonyl (C=O) groups is 1. The van der Waals surface area contributed by atoms with Crippen molar-refractivity contribution >= 4 is 22.4 Å². The summed E-state index contributed by atoms with van der Waals surface area (Å²) >= 11 is 0. The van der Waals surface area contributed by atoms with E-state index in [1.54, 1.807) is 37.3 Å². The lowest BCUT2D eigenvalue weighted by molar-refractivity contribution is -0.137. The van der Waals surface area contributed by atoms with Gasteiger partial charge in [-0.2, -0.15) is 0 Å². The van der Waals surface area contributed by atoms with Gasteiger partial charge in [0, 0.05) is 11.1 Å². The van der Waals surface area contributed by atoms with Crippen LogP contribution in [0.25, 0.3) is 10.8 Å². The molecule has 1 fully saturated rings. The van der Waals surface area contributed by atoms with Crippen LogP contribution in [0.2, 0.25) is 0 Å². The summed E-state index contributed by atoms with van der Waals surface area (Å²) in [5, 5.41) is 19.2. The second-order valence-corrected chi connectivity index (χ2v) is 8.20. The van der Waals surface area contributed by atoms with Gasteiger partial charge in [-0.1, -0.05) is 67.6 Å². The topological polar surface area (TPSA) is 92.4 Å². The van der Waals surface area contributed by atoms with Crippen LogP contribution < -0.4 is 10.9 Å². The first-order valence-electron chi connectivity index (χ1n) is 10.5. The monoisotopic (exact) mass is 406 g/mol. The highest BCUT2D eigenvalue weighted by molar-refractivity contribution is 5.99. The van der Waals surface area contributed by atoms with E-state index in [1.165, 1.54) is 6.42 Å². The van der Waals surface area contributed by atoms with Crippen molar-refractivity contribution in [1.82, 2.24) is 5.16 Å². The van der Waals surface area contributed by atoms with Crippen molar-refractivity contribution in [3.8, 4) is 0 Å². The van der Waals surface area contributed by atoms with E-state index in [1.807, 2.05) is 18.2 Å². The summed E-state index contributed by atoms with van der Waals surface area (Å²) in [6.45, 7) is 1.74. The van der Waals surface area contributed by atoms with Crippen molar-refractivity contribution in [3.63, 3.8) is 0 Å². The van der Waals surface area contributed by atoms with E-state index >= 15 is 0 Å². The molecule has 0 bridgehead atoms. The van der Waals surface area contributed by atoms with E-state index in [2.05, 4.69) is 10.5 Å². The molecule has 2 N–H and O–H groups in total. The van der Waals surface area contributed by atoms with Crippen molar-refractivity contribution in [2.75, 3.05) is 5.32 Å². The molecule has 0 spiro atoms. The molecule has 1 saturated carbocycles. The number of amides is 1. The standard InChI is InChI=1S/C24H26N2O4/c1-16-21-14-19(12-13-20(21)22(27)30-26-16)25-23(28)24(29,18-10-6-3-7-11-18)15-17-8-4-2-5-9-17/h3,6-7,10-14,17,29H,2,4-5,8-9,15H2,1H3,(H,25,28). The molecular weight excluding hydrogens is 380 g/mol. The molecule has 1 unspecified atom stereocenters. The molecule has 0 saturated heterocycles. The Hall–Kier alpha value is -2.99. The van der Waals surface area contributed by atoms with E-state index in [0.717, 1.165) is 25.7 Å². The van der Waals surface area contributed by atoms with Gasteiger partial charge < -0.3 is 14.9 Å². The van der Waals surface area contributed by atoms with Crippen LogP contribution in [0.4, 0.5) is 5.69 Å². The van der Waals surface area contributed by atoms with Crippen LogP contribution in [-0.4, -0.2) is 16.2 Å². The number of aryl methyl sites for hydroxylation is 1. The Morgan fingerprint density at radius 3 is 2.60 bits per heavy atom. The van der Waals surface area contributed by atoms with Crippen molar-refractivity contribution < 1.29 is 14.4 Å². The number of rotatable bonds is 5. The molecule has 2 aromatic carbocycles. The number of carbonyl (C=O) groups excluding carboxylic acids is 1. The zero-order valence-electron chi connectivity index (χ0n) is 17.1. The first kappa shape index (κ1) is 20.3. The Labute approximate surface area is 174 Å². The molecule has 6 heteroatoms. The summed E-state index contributed by atoms with van der Waals surface area (Å²) in [6.07, 6.45) is 5.93. The van der Waals surface area contributed by atoms with Crippen molar-refractivity contribution in [3.05, 3.63) is 70.2 Å². The third-order valence-corrected chi connectivity index (χ3v) is 6.09. The summed E-state index contributed by atoms with van der Waals surface area (Å²) in [5.74, 6) is -0.158. The largest absolute Gasteiger partial charge is 0.375 e. The number of benzene rings is 2. The lowest BCUT2D eigenvalue weighted by Gasteiger charge is -2.33. The van der Waals surface area contributed by atoms with Crippen LogP contribution in [0.15, 0.2) is 57.8 Å². The van der Waals surface area contributed by atoms with Gasteiger partial charge in [0.05, 0.1) is 11.1 Å². The van der Waals surface area contributed by atoms with E-state index in [9.17, 15) is 14.7 Å². The Morgan fingerprint density at radius 1 is 1.13 bits per heavy atom. The maximum atomic E-state index is 13.3. The van der Waals surface area contributed by atoms with E-state index in [-0.39, 0.29) is 0 Å². The maximum Gasteiger partial charge on any atom is 0.366 e. The van der Waals surface area contributed by atoms with E-state index in [4.69, 9.17) is 4.52 Å². The average molecular weight is 406 g/mol. The van der Waals surface area contributed by atoms with Crippen LogP contribution in [0, 0.1) is 12.8 Å². The molecular formula is C24H26N2O4. The molecule has 3 aromatic rings. The number of anilines is 1. The molecule has 0 aliphatic heterocycles. The first-order chi connectivity index (χ1) is 14.5. The van der Waals surface area contributed by atoms with Gasteiger partial charge >= 0.3 is 5.63 Å². The zero-order valence-corrected chi connectivity index (χ0v) is 17.1. The summed E-state index contributed by atoms with van der Waals surface area (Å²) in [4.78, 5) is 25.2. The molecule has 1 heterocycles. The lowest BCUT2D eigenvalue weighted by atomic mass is 9.77. The summed E-state index contributed by atoms with van der Waals surface area (Å²) < 4.78 is 4.76. The fraction of sp³-hybridized carbons (Fsp3) is 0.375. The van der Waals surface area contributed by atoms with Crippen LogP contribution >= 0.6 is 0 Å². The number of nitrogens with one attached hydrogen (secondary N) is 1. The summed E-state index contributed by atoms with van der Waals surface area (Å²) in [7, 11) is 0. The molecule has 1 aliphatic rings. The number of hydrogen-bond donors (Lipinski definition) is 2. The van der Waals surface area contributed by atoms with Gasteiger partial charge in [0.1, 0.15) is 0 Å². The van der Waals surface area contributed by atoms with Gasteiger partial charge in [0.15, 0.2) is 5.60 Å². The summed E-state index contributed by atoms with van der Waals surface area (Å²) in [6, 6.07) is 14.1. The number of hydrogen-bond acceptors (Lipinski definition) is 5. The SMILES string of the molecule is Cc1noc(=O)c2ccc(NC(=O)C(O)(CC3CCCCC3)c3ccccc3)cc12. The minimum absolute atomic E-state index is 0.308. The molecule has 1 aromatic heterocycles. The molecule has 1 aliphatic carbocycles. The van der Waals surface area contributed by atoms with E-state index in [0.29, 0.717) is 40.1 Å². The highest BCUT2D eigenvalue weighted by Gasteiger charge is 2.40. The highest BCUT2D eigenvalue weighted by atomic mass is 16.5. The number of nitrogens with zero attached hydrogens (tertiary/aromatic N) is 1. The van der Waals surface area contributed by atoms with Crippen molar-refractivity contribution in [2.24, 2.45) is 5.92 Å². The fourth-order valence-corrected chi connectivity index (χ4v) is 4.41. The van der Waals surface area contributed by atoms with Crippen LogP contribution in [0.5, 0.6) is 0 Å². The first-order valence-corrected chi connectivity index (χ1v) is 10.5. The third-order valence-electron chi connectivity index (χ3n) is 6.09. The minimum Gasteiger partial charge on any atom is -0.375 e. The maximum absolute atomic E-state index is 13.3. The smallest absolute Gasteiger partial charge is 0.366 e. The normalized spacial score (nSPS) is 16.9. The van der Waals surface area contributed by atoms with Crippen LogP contribution in [-0.2, 0) is 10.4 Å². The predicted octanol–water partition coefficient (Wildman–Crippen LogP) is 4.29. The second kappa shape index (κ2) is 8.40. The van der Waals surface area contributed by atoms with Gasteiger partial charge in [0.2, 0.25) is 0 Å². The predicted molar refractivity (Wildman–Crippen MR) is 115 cm³/mol. The van der Waals surface area contributed by atoms with Gasteiger partial charge in [-0.05, 0) is 43.0 Å². The molecule has 6 nitrogen and oxygen atoms in total. The number of aliphatic hydroxyl groups is 1. The molecule has 0 radical (unpaired) electrons. The minimum atomic E-state index is -1.62. The Morgan fingerprint density at radius 2 is 1.87 bits per heavy atom. The molecule has 1 amide bonds. The van der Waals surface area contributed by atoms with Crippen molar-refractivity contribution in [1.29, 1.82) is 0 Å². The average Bonchev–Trinajstić information content (AvgIpc) is 2.77. The second-order valence-electron chi connectivity index (χ2n) is 8.20. The lowest BCUT2D eigenvalue weighted by Crippen LogP contribution is -2.42. The van der Waals surface area contributed by atoms with Crippen LogP contribution in [0.1, 0.15) is 49.8 Å². The third kappa shape index (κ3) is 4.00. The fourth-order valence-electron chi connectivity index (χ4n) is 4.41. The van der Waals surface area contributed by atoms with Gasteiger partial charge in [-0.3, -0.25) is 4.79 Å². The van der Waals surface area contributed by atoms with E-state index < -0.39 is 17.1 Å². The molecule has 156 valence electrons. The Kier molecular flexibility index (Phi) is 5.68. The summed E-state index contributed by atoms with van der Waals surface area (Å²) in [5.41, 5.74) is -0.498. The Balaban J connectivity index is 1.65. The Bertz CT molecular complexity index is 1100. The molecule has 30 heavy (non-hydrogen) atoms.